The number of methoxy groups -OCH3 is 1. The minimum atomic E-state index is -0.231. The molecule has 7 heteroatoms. The number of aromatic nitrogens is 2. The lowest BCUT2D eigenvalue weighted by Gasteiger charge is -2.08. The molecule has 6 nitrogen and oxygen atoms in total. The van der Waals surface area contributed by atoms with Crippen LogP contribution in [0.2, 0.25) is 0 Å². The van der Waals surface area contributed by atoms with Gasteiger partial charge < -0.3 is 10.1 Å². The van der Waals surface area contributed by atoms with Crippen molar-refractivity contribution in [2.24, 2.45) is 0 Å². The number of fused-ring (bicyclic) bond motifs is 1. The maximum absolute atomic E-state index is 12.5. The molecular weight excluding hydrogens is 338 g/mol. The summed E-state index contributed by atoms with van der Waals surface area (Å²) in [4.78, 5) is 30.7. The lowest BCUT2D eigenvalue weighted by atomic mass is 10.2. The average molecular weight is 357 g/mol. The zero-order valence-electron chi connectivity index (χ0n) is 14.1. The topological polar surface area (TPSA) is 73.2 Å². The molecule has 1 N–H and O–H groups in total. The summed E-state index contributed by atoms with van der Waals surface area (Å²) in [7, 11) is 1.61. The van der Waals surface area contributed by atoms with Gasteiger partial charge in [-0.1, -0.05) is 19.1 Å². The summed E-state index contributed by atoms with van der Waals surface area (Å²) in [5, 5.41) is 3.39. The Labute approximate surface area is 149 Å². The van der Waals surface area contributed by atoms with Gasteiger partial charge in [0.15, 0.2) is 0 Å². The first-order chi connectivity index (χ1) is 12.1. The highest BCUT2D eigenvalue weighted by Crippen LogP contribution is 2.20. The second-order valence-corrected chi connectivity index (χ2v) is 6.70. The highest BCUT2D eigenvalue weighted by molar-refractivity contribution is 7.18. The number of aryl methyl sites for hydroxylation is 1. The van der Waals surface area contributed by atoms with E-state index in [9.17, 15) is 9.59 Å². The largest absolute Gasteiger partial charge is 0.497 e. The molecule has 2 aromatic heterocycles. The van der Waals surface area contributed by atoms with E-state index in [1.165, 1.54) is 22.2 Å². The molecule has 0 saturated carbocycles. The molecule has 2 heterocycles. The van der Waals surface area contributed by atoms with Gasteiger partial charge in [0.2, 0.25) is 5.91 Å². The van der Waals surface area contributed by atoms with Crippen molar-refractivity contribution < 1.29 is 9.53 Å². The van der Waals surface area contributed by atoms with E-state index < -0.39 is 0 Å². The zero-order valence-corrected chi connectivity index (χ0v) is 14.9. The van der Waals surface area contributed by atoms with Crippen LogP contribution in [0, 0.1) is 0 Å². The summed E-state index contributed by atoms with van der Waals surface area (Å²) in [6, 6.07) is 9.31. The number of benzene rings is 1. The summed E-state index contributed by atoms with van der Waals surface area (Å²) in [5.74, 6) is 0.535. The first-order valence-corrected chi connectivity index (χ1v) is 8.80. The normalized spacial score (nSPS) is 10.8. The highest BCUT2D eigenvalue weighted by Gasteiger charge is 2.10. The number of hydrogen-bond donors (Lipinski definition) is 1. The van der Waals surface area contributed by atoms with Crippen molar-refractivity contribution in [2.75, 3.05) is 7.11 Å². The van der Waals surface area contributed by atoms with E-state index in [2.05, 4.69) is 10.3 Å². The van der Waals surface area contributed by atoms with E-state index in [4.69, 9.17) is 4.74 Å². The monoisotopic (exact) mass is 357 g/mol. The first-order valence-electron chi connectivity index (χ1n) is 7.98. The molecule has 3 aromatic rings. The van der Waals surface area contributed by atoms with Crippen LogP contribution in [0.4, 0.5) is 0 Å². The fraction of sp³-hybridized carbons (Fsp3) is 0.278. The third-order valence-electron chi connectivity index (χ3n) is 3.88. The van der Waals surface area contributed by atoms with Crippen molar-refractivity contribution in [1.29, 1.82) is 0 Å². The van der Waals surface area contributed by atoms with Gasteiger partial charge in [0, 0.05) is 11.4 Å². The number of carbonyl (C=O) groups is 1. The second kappa shape index (κ2) is 7.48. The Morgan fingerprint density at radius 1 is 1.32 bits per heavy atom. The Morgan fingerprint density at radius 2 is 2.08 bits per heavy atom. The fourth-order valence-electron chi connectivity index (χ4n) is 2.45. The standard InChI is InChI=1S/C18H19N3O3S/c1-3-14-8-15-17(25-14)20-11-21(18(15)23)10-16(22)19-9-12-4-6-13(24-2)7-5-12/h4-8,11H,3,9-10H2,1-2H3,(H,19,22). The van der Waals surface area contributed by atoms with Crippen molar-refractivity contribution in [3.63, 3.8) is 0 Å². The molecule has 0 fully saturated rings. The van der Waals surface area contributed by atoms with Gasteiger partial charge in [-0.15, -0.1) is 11.3 Å². The van der Waals surface area contributed by atoms with E-state index >= 15 is 0 Å². The maximum Gasteiger partial charge on any atom is 0.262 e. The van der Waals surface area contributed by atoms with E-state index in [1.54, 1.807) is 7.11 Å². The number of nitrogens with one attached hydrogen (secondary N) is 1. The second-order valence-electron chi connectivity index (χ2n) is 5.59. The number of amides is 1. The Bertz CT molecular complexity index is 944. The summed E-state index contributed by atoms with van der Waals surface area (Å²) < 4.78 is 6.45. The molecule has 0 spiro atoms. The fourth-order valence-corrected chi connectivity index (χ4v) is 3.38. The van der Waals surface area contributed by atoms with E-state index in [-0.39, 0.29) is 18.0 Å². The lowest BCUT2D eigenvalue weighted by Crippen LogP contribution is -2.32. The van der Waals surface area contributed by atoms with Crippen LogP contribution in [-0.2, 0) is 24.3 Å². The Morgan fingerprint density at radius 3 is 2.76 bits per heavy atom. The number of rotatable bonds is 6. The Hall–Kier alpha value is -2.67. The number of ether oxygens (including phenoxy) is 1. The lowest BCUT2D eigenvalue weighted by molar-refractivity contribution is -0.121. The van der Waals surface area contributed by atoms with Gasteiger partial charge in [0.1, 0.15) is 17.1 Å². The molecule has 1 amide bonds. The SMILES string of the molecule is CCc1cc2c(=O)n(CC(=O)NCc3ccc(OC)cc3)cnc2s1. The van der Waals surface area contributed by atoms with Gasteiger partial charge in [-0.3, -0.25) is 14.2 Å². The number of carbonyl (C=O) groups excluding carboxylic acids is 1. The highest BCUT2D eigenvalue weighted by atomic mass is 32.1. The molecule has 1 aromatic carbocycles. The van der Waals surface area contributed by atoms with Crippen molar-refractivity contribution >= 4 is 27.5 Å². The molecule has 0 bridgehead atoms. The minimum absolute atomic E-state index is 0.0464. The summed E-state index contributed by atoms with van der Waals surface area (Å²) in [5.41, 5.74) is 0.779. The van der Waals surface area contributed by atoms with Gasteiger partial charge in [-0.05, 0) is 30.2 Å². The molecule has 0 aliphatic heterocycles. The first kappa shape index (κ1) is 17.2. The molecular formula is C18H19N3O3S. The van der Waals surface area contributed by atoms with Crippen molar-refractivity contribution in [2.45, 2.75) is 26.4 Å². The smallest absolute Gasteiger partial charge is 0.262 e. The molecule has 0 aliphatic rings. The number of hydrogen-bond acceptors (Lipinski definition) is 5. The van der Waals surface area contributed by atoms with E-state index in [0.717, 1.165) is 27.4 Å². The molecule has 0 unspecified atom stereocenters. The minimum Gasteiger partial charge on any atom is -0.497 e. The quantitative estimate of drug-likeness (QED) is 0.735. The van der Waals surface area contributed by atoms with Crippen LogP contribution in [-0.4, -0.2) is 22.6 Å². The molecule has 25 heavy (non-hydrogen) atoms. The van der Waals surface area contributed by atoms with E-state index in [1.807, 2.05) is 37.3 Å². The van der Waals surface area contributed by atoms with Crippen LogP contribution < -0.4 is 15.6 Å². The van der Waals surface area contributed by atoms with E-state index in [0.29, 0.717) is 11.9 Å². The Kier molecular flexibility index (Phi) is 5.14. The van der Waals surface area contributed by atoms with Gasteiger partial charge in [0.25, 0.3) is 5.56 Å². The maximum atomic E-state index is 12.5. The van der Waals surface area contributed by atoms with Crippen LogP contribution in [0.15, 0.2) is 41.5 Å². The van der Waals surface area contributed by atoms with Crippen LogP contribution in [0.3, 0.4) is 0 Å². The Balaban J connectivity index is 1.67. The predicted molar refractivity (Wildman–Crippen MR) is 98.1 cm³/mol. The summed E-state index contributed by atoms with van der Waals surface area (Å²) in [6.45, 7) is 2.39. The number of thiophene rings is 1. The van der Waals surface area contributed by atoms with Gasteiger partial charge in [0.05, 0.1) is 18.8 Å². The van der Waals surface area contributed by atoms with Gasteiger partial charge >= 0.3 is 0 Å². The third kappa shape index (κ3) is 3.88. The molecule has 0 saturated heterocycles. The molecule has 130 valence electrons. The van der Waals surface area contributed by atoms with Gasteiger partial charge in [-0.25, -0.2) is 4.98 Å². The third-order valence-corrected chi connectivity index (χ3v) is 5.07. The van der Waals surface area contributed by atoms with Crippen LogP contribution in [0.1, 0.15) is 17.4 Å². The van der Waals surface area contributed by atoms with Crippen LogP contribution >= 0.6 is 11.3 Å². The summed E-state index contributed by atoms with van der Waals surface area (Å²) in [6.07, 6.45) is 2.30. The number of nitrogens with zero attached hydrogens (tertiary/aromatic N) is 2. The molecule has 0 radical (unpaired) electrons. The van der Waals surface area contributed by atoms with Crippen molar-refractivity contribution in [3.05, 3.63) is 57.5 Å². The van der Waals surface area contributed by atoms with Crippen molar-refractivity contribution in [3.8, 4) is 5.75 Å². The molecule has 0 aliphatic carbocycles. The summed E-state index contributed by atoms with van der Waals surface area (Å²) >= 11 is 1.51. The zero-order chi connectivity index (χ0) is 17.8. The van der Waals surface area contributed by atoms with Crippen LogP contribution in [0.25, 0.3) is 10.2 Å². The van der Waals surface area contributed by atoms with Gasteiger partial charge in [-0.2, -0.15) is 0 Å². The molecule has 0 atom stereocenters. The average Bonchev–Trinajstić information content (AvgIpc) is 3.07. The predicted octanol–water partition coefficient (Wildman–Crippen LogP) is 2.35. The molecule has 3 rings (SSSR count). The van der Waals surface area contributed by atoms with Crippen molar-refractivity contribution in [1.82, 2.24) is 14.9 Å². The van der Waals surface area contributed by atoms with Crippen LogP contribution in [0.5, 0.6) is 5.75 Å².